The van der Waals surface area contributed by atoms with E-state index in [1.165, 1.54) is 167 Å². The van der Waals surface area contributed by atoms with E-state index in [-0.39, 0.29) is 25.7 Å². The predicted molar refractivity (Wildman–Crippen MR) is 368 cm³/mol. The van der Waals surface area contributed by atoms with E-state index >= 15 is 0 Å². The molecule has 19 heteroatoms. The number of unbranched alkanes of at least 4 members (excludes halogenated alkanes) is 38. The van der Waals surface area contributed by atoms with E-state index in [0.29, 0.717) is 25.7 Å². The molecule has 0 aromatic carbocycles. The average molecular weight is 1340 g/mol. The van der Waals surface area contributed by atoms with E-state index in [2.05, 4.69) is 48.5 Å². The van der Waals surface area contributed by atoms with Crippen LogP contribution >= 0.6 is 15.6 Å². The molecule has 3 N–H and O–H groups in total. The molecule has 0 aliphatic carbocycles. The number of rotatable bonds is 70. The van der Waals surface area contributed by atoms with Gasteiger partial charge < -0.3 is 33.8 Å². The van der Waals surface area contributed by atoms with Gasteiger partial charge in [-0.25, -0.2) is 9.13 Å². The SMILES string of the molecule is CCCCCCCC(=O)OC[C@H](COP(=O)(O)OC[C@H](O)COP(=O)(O)OC[C@@H](COC(=O)CCCCCCCCCCCCCCC(C)C)OC(=O)CCCCCCCCCCCCCCCCCCC(C)C)OC(=O)CCCCCCCCCCCC(C)C. The van der Waals surface area contributed by atoms with Gasteiger partial charge in [-0.05, 0) is 43.4 Å². The minimum absolute atomic E-state index is 0.104. The molecule has 2 unspecified atom stereocenters. The van der Waals surface area contributed by atoms with Crippen molar-refractivity contribution in [2.24, 2.45) is 17.8 Å². The van der Waals surface area contributed by atoms with Crippen LogP contribution < -0.4 is 0 Å². The van der Waals surface area contributed by atoms with Crippen LogP contribution in [0.5, 0.6) is 0 Å². The van der Waals surface area contributed by atoms with Gasteiger partial charge in [-0.3, -0.25) is 37.3 Å². The van der Waals surface area contributed by atoms with Gasteiger partial charge in [-0.1, -0.05) is 312 Å². The number of hydrogen-bond acceptors (Lipinski definition) is 15. The summed E-state index contributed by atoms with van der Waals surface area (Å²) in [4.78, 5) is 72.3. The van der Waals surface area contributed by atoms with Crippen LogP contribution in [0, 0.1) is 17.8 Å². The molecular weight excluding hydrogens is 1200 g/mol. The molecule has 17 nitrogen and oxygen atoms in total. The highest BCUT2D eigenvalue weighted by molar-refractivity contribution is 7.47. The highest BCUT2D eigenvalue weighted by Gasteiger charge is 2.30. The van der Waals surface area contributed by atoms with Crippen LogP contribution in [0.2, 0.25) is 0 Å². The first-order valence-corrected chi connectivity index (χ1v) is 40.3. The number of carbonyl (C=O) groups excluding carboxylic acids is 4. The first-order valence-electron chi connectivity index (χ1n) is 37.3. The van der Waals surface area contributed by atoms with Crippen LogP contribution in [0.4, 0.5) is 0 Å². The van der Waals surface area contributed by atoms with Gasteiger partial charge in [0.1, 0.15) is 19.3 Å². The van der Waals surface area contributed by atoms with Gasteiger partial charge in [0, 0.05) is 25.7 Å². The topological polar surface area (TPSA) is 237 Å². The van der Waals surface area contributed by atoms with Crippen LogP contribution in [-0.4, -0.2) is 96.7 Å². The summed E-state index contributed by atoms with van der Waals surface area (Å²) >= 11 is 0. The van der Waals surface area contributed by atoms with E-state index in [9.17, 15) is 43.2 Å². The van der Waals surface area contributed by atoms with Crippen molar-refractivity contribution in [1.29, 1.82) is 0 Å². The fraction of sp³-hybridized carbons (Fsp3) is 0.944. The second-order valence-electron chi connectivity index (χ2n) is 27.4. The summed E-state index contributed by atoms with van der Waals surface area (Å²) in [5.74, 6) is 0.193. The zero-order chi connectivity index (χ0) is 67.3. The number of hydrogen-bond donors (Lipinski definition) is 3. The third kappa shape index (κ3) is 66.5. The molecule has 0 aliphatic heterocycles. The Labute approximate surface area is 556 Å². The smallest absolute Gasteiger partial charge is 0.462 e. The van der Waals surface area contributed by atoms with Crippen molar-refractivity contribution < 1.29 is 80.2 Å². The molecule has 0 fully saturated rings. The summed E-state index contributed by atoms with van der Waals surface area (Å²) in [5, 5.41) is 10.6. The number of carbonyl (C=O) groups is 4. The van der Waals surface area contributed by atoms with Gasteiger partial charge in [0.15, 0.2) is 12.2 Å². The van der Waals surface area contributed by atoms with Crippen molar-refractivity contribution in [3.63, 3.8) is 0 Å². The summed E-state index contributed by atoms with van der Waals surface area (Å²) in [6, 6.07) is 0. The standard InChI is InChI=1S/C72H140O17P2/c1-8-9-10-36-46-53-69(74)82-59-67(88-72(77)56-49-42-35-29-23-26-32-39-45-52-65(6)7)61-86-90(78,79)84-57-66(73)58-85-91(80,81)87-62-68(60-83-70(75)54-47-40-33-27-21-18-17-20-25-31-38-44-51-64(4)5)89-71(76)55-48-41-34-28-22-16-14-12-11-13-15-19-24-30-37-43-50-63(2)3/h63-68,73H,8-62H2,1-7H3,(H,78,79)(H,80,81)/t66-,67+,68+/m0/s1. The van der Waals surface area contributed by atoms with Crippen LogP contribution in [0.3, 0.4) is 0 Å². The first-order chi connectivity index (χ1) is 43.7. The van der Waals surface area contributed by atoms with Crippen LogP contribution in [0.15, 0.2) is 0 Å². The van der Waals surface area contributed by atoms with Crippen molar-refractivity contribution in [2.45, 2.75) is 381 Å². The molecule has 0 saturated heterocycles. The minimum atomic E-state index is -4.95. The third-order valence-electron chi connectivity index (χ3n) is 16.6. The van der Waals surface area contributed by atoms with Gasteiger partial charge >= 0.3 is 39.5 Å². The normalized spacial score (nSPS) is 14.2. The number of esters is 4. The van der Waals surface area contributed by atoms with E-state index in [1.807, 2.05) is 0 Å². The molecule has 91 heavy (non-hydrogen) atoms. The fourth-order valence-electron chi connectivity index (χ4n) is 10.9. The van der Waals surface area contributed by atoms with Gasteiger partial charge in [-0.2, -0.15) is 0 Å². The fourth-order valence-corrected chi connectivity index (χ4v) is 12.5. The monoisotopic (exact) mass is 1340 g/mol. The molecule has 0 spiro atoms. The number of aliphatic hydroxyl groups excluding tert-OH is 1. The van der Waals surface area contributed by atoms with Crippen LogP contribution in [0.1, 0.15) is 363 Å². The quantitative estimate of drug-likeness (QED) is 0.0222. The largest absolute Gasteiger partial charge is 0.472 e. The van der Waals surface area contributed by atoms with Crippen molar-refractivity contribution in [1.82, 2.24) is 0 Å². The number of aliphatic hydroxyl groups is 1. The summed E-state index contributed by atoms with van der Waals surface area (Å²) in [5.41, 5.74) is 0. The zero-order valence-electron chi connectivity index (χ0n) is 59.3. The molecular formula is C72H140O17P2. The molecule has 0 rings (SSSR count). The predicted octanol–water partition coefficient (Wildman–Crippen LogP) is 20.6. The summed E-state index contributed by atoms with van der Waals surface area (Å²) in [6.45, 7) is 11.8. The lowest BCUT2D eigenvalue weighted by Crippen LogP contribution is -2.30. The lowest BCUT2D eigenvalue weighted by atomic mass is 10.0. The maximum absolute atomic E-state index is 13.0. The van der Waals surface area contributed by atoms with Gasteiger partial charge in [0.05, 0.1) is 26.4 Å². The third-order valence-corrected chi connectivity index (χ3v) is 18.5. The van der Waals surface area contributed by atoms with E-state index in [4.69, 9.17) is 37.0 Å². The molecule has 0 bridgehead atoms. The maximum Gasteiger partial charge on any atom is 0.472 e. The number of phosphoric acid groups is 2. The molecule has 0 amide bonds. The Balaban J connectivity index is 5.15. The van der Waals surface area contributed by atoms with Gasteiger partial charge in [0.25, 0.3) is 0 Å². The molecule has 0 aromatic rings. The van der Waals surface area contributed by atoms with Crippen LogP contribution in [0.25, 0.3) is 0 Å². The Morgan fingerprint density at radius 3 is 0.747 bits per heavy atom. The second-order valence-corrected chi connectivity index (χ2v) is 30.3. The summed E-state index contributed by atoms with van der Waals surface area (Å²) in [6.07, 6.45) is 47.6. The summed E-state index contributed by atoms with van der Waals surface area (Å²) < 4.78 is 68.1. The Morgan fingerprint density at radius 1 is 0.297 bits per heavy atom. The van der Waals surface area contributed by atoms with Crippen molar-refractivity contribution >= 4 is 39.5 Å². The number of ether oxygens (including phenoxy) is 4. The van der Waals surface area contributed by atoms with E-state index in [0.717, 1.165) is 114 Å². The van der Waals surface area contributed by atoms with E-state index in [1.54, 1.807) is 0 Å². The molecule has 0 aliphatic rings. The lowest BCUT2D eigenvalue weighted by Gasteiger charge is -2.21. The van der Waals surface area contributed by atoms with Gasteiger partial charge in [-0.15, -0.1) is 0 Å². The molecule has 5 atom stereocenters. The molecule has 0 heterocycles. The molecule has 540 valence electrons. The van der Waals surface area contributed by atoms with E-state index < -0.39 is 97.5 Å². The van der Waals surface area contributed by atoms with Crippen molar-refractivity contribution in [3.05, 3.63) is 0 Å². The van der Waals surface area contributed by atoms with Crippen molar-refractivity contribution in [2.75, 3.05) is 39.6 Å². The van der Waals surface area contributed by atoms with Crippen LogP contribution in [-0.2, 0) is 65.4 Å². The Morgan fingerprint density at radius 2 is 0.505 bits per heavy atom. The maximum atomic E-state index is 13.0. The minimum Gasteiger partial charge on any atom is -0.462 e. The Bertz CT molecular complexity index is 1780. The molecule has 0 radical (unpaired) electrons. The highest BCUT2D eigenvalue weighted by atomic mass is 31.2. The zero-order valence-corrected chi connectivity index (χ0v) is 61.1. The second kappa shape index (κ2) is 62.8. The number of phosphoric ester groups is 2. The molecule has 0 saturated carbocycles. The average Bonchev–Trinajstić information content (AvgIpc) is 3.60. The Kier molecular flexibility index (Phi) is 61.5. The highest BCUT2D eigenvalue weighted by Crippen LogP contribution is 2.45. The lowest BCUT2D eigenvalue weighted by molar-refractivity contribution is -0.161. The van der Waals surface area contributed by atoms with Gasteiger partial charge in [0.2, 0.25) is 0 Å². The Hall–Kier alpha value is -1.94. The summed E-state index contributed by atoms with van der Waals surface area (Å²) in [7, 11) is -9.89. The van der Waals surface area contributed by atoms with Crippen molar-refractivity contribution in [3.8, 4) is 0 Å². The first kappa shape index (κ1) is 89.1. The molecule has 0 aromatic heterocycles.